The number of rotatable bonds is 5. The molecule has 0 spiro atoms. The Morgan fingerprint density at radius 3 is 2.76 bits per heavy atom. The van der Waals surface area contributed by atoms with Crippen molar-refractivity contribution in [3.05, 3.63) is 53.8 Å². The van der Waals surface area contributed by atoms with E-state index in [4.69, 9.17) is 4.74 Å². The lowest BCUT2D eigenvalue weighted by atomic mass is 9.98. The molecular weight excluding hydrogens is 208 g/mol. The van der Waals surface area contributed by atoms with Crippen molar-refractivity contribution in [3.8, 4) is 5.75 Å². The molecule has 0 aromatic heterocycles. The SMILES string of the molecule is C=C=C(C)c1cc(OC)ccc1C/C=C/CC. The average molecular weight is 228 g/mol. The van der Waals surface area contributed by atoms with Crippen molar-refractivity contribution < 1.29 is 4.74 Å². The van der Waals surface area contributed by atoms with E-state index in [1.165, 1.54) is 11.1 Å². The third-order valence-electron chi connectivity index (χ3n) is 2.73. The Morgan fingerprint density at radius 1 is 1.41 bits per heavy atom. The maximum absolute atomic E-state index is 5.25. The Labute approximate surface area is 104 Å². The highest BCUT2D eigenvalue weighted by Gasteiger charge is 2.04. The molecule has 0 saturated heterocycles. The molecule has 17 heavy (non-hydrogen) atoms. The summed E-state index contributed by atoms with van der Waals surface area (Å²) in [7, 11) is 1.68. The van der Waals surface area contributed by atoms with Crippen molar-refractivity contribution in [3.63, 3.8) is 0 Å². The molecule has 0 atom stereocenters. The van der Waals surface area contributed by atoms with Gasteiger partial charge in [0.1, 0.15) is 5.75 Å². The van der Waals surface area contributed by atoms with Gasteiger partial charge in [-0.2, -0.15) is 0 Å². The van der Waals surface area contributed by atoms with Gasteiger partial charge in [0.15, 0.2) is 0 Å². The summed E-state index contributed by atoms with van der Waals surface area (Å²) in [6.45, 7) is 7.87. The van der Waals surface area contributed by atoms with Gasteiger partial charge >= 0.3 is 0 Å². The molecule has 1 aromatic rings. The summed E-state index contributed by atoms with van der Waals surface area (Å²) in [5, 5.41) is 0. The Hall–Kier alpha value is -1.72. The van der Waals surface area contributed by atoms with Crippen LogP contribution in [0.15, 0.2) is 42.7 Å². The van der Waals surface area contributed by atoms with Crippen molar-refractivity contribution in [2.45, 2.75) is 26.7 Å². The predicted molar refractivity (Wildman–Crippen MR) is 74.4 cm³/mol. The van der Waals surface area contributed by atoms with Gasteiger partial charge in [0.2, 0.25) is 0 Å². The molecule has 0 heterocycles. The first-order valence-electron chi connectivity index (χ1n) is 5.91. The Kier molecular flexibility index (Phi) is 5.32. The van der Waals surface area contributed by atoms with Crippen LogP contribution in [0.3, 0.4) is 0 Å². The molecule has 0 N–H and O–H groups in total. The highest BCUT2D eigenvalue weighted by molar-refractivity contribution is 5.67. The van der Waals surface area contributed by atoms with Crippen molar-refractivity contribution in [2.75, 3.05) is 7.11 Å². The Balaban J connectivity index is 3.11. The van der Waals surface area contributed by atoms with E-state index in [0.29, 0.717) is 0 Å². The van der Waals surface area contributed by atoms with Crippen LogP contribution in [0.25, 0.3) is 5.57 Å². The van der Waals surface area contributed by atoms with Crippen molar-refractivity contribution in [1.29, 1.82) is 0 Å². The van der Waals surface area contributed by atoms with E-state index in [9.17, 15) is 0 Å². The van der Waals surface area contributed by atoms with Gasteiger partial charge < -0.3 is 4.74 Å². The molecule has 0 amide bonds. The lowest BCUT2D eigenvalue weighted by Gasteiger charge is -2.09. The first kappa shape index (κ1) is 13.3. The normalized spacial score (nSPS) is 10.3. The number of hydrogen-bond donors (Lipinski definition) is 0. The van der Waals surface area contributed by atoms with Crippen LogP contribution in [0, 0.1) is 0 Å². The van der Waals surface area contributed by atoms with E-state index in [1.54, 1.807) is 7.11 Å². The van der Waals surface area contributed by atoms with Crippen LogP contribution >= 0.6 is 0 Å². The fourth-order valence-corrected chi connectivity index (χ4v) is 1.68. The molecular formula is C16H20O. The second-order valence-corrected chi connectivity index (χ2v) is 3.91. The third-order valence-corrected chi connectivity index (χ3v) is 2.73. The standard InChI is InChI=1S/C16H20O/c1-5-7-8-9-14-10-11-15(17-4)12-16(14)13(3)6-2/h7-8,10-12H,2,5,9H2,1,3-4H3/b8-7+. The molecule has 0 aliphatic rings. The second-order valence-electron chi connectivity index (χ2n) is 3.91. The van der Waals surface area contributed by atoms with E-state index in [2.05, 4.69) is 37.5 Å². The minimum Gasteiger partial charge on any atom is -0.497 e. The Bertz CT molecular complexity index is 449. The summed E-state index contributed by atoms with van der Waals surface area (Å²) in [6, 6.07) is 6.15. The van der Waals surface area contributed by atoms with Gasteiger partial charge in [-0.05, 0) is 48.6 Å². The lowest BCUT2D eigenvalue weighted by Crippen LogP contribution is -1.92. The van der Waals surface area contributed by atoms with Crippen LogP contribution in [0.4, 0.5) is 0 Å². The summed E-state index contributed by atoms with van der Waals surface area (Å²) in [6.07, 6.45) is 6.39. The van der Waals surface area contributed by atoms with Gasteiger partial charge in [0, 0.05) is 0 Å². The quantitative estimate of drug-likeness (QED) is 0.536. The second kappa shape index (κ2) is 6.78. The molecule has 0 aliphatic heterocycles. The molecule has 0 unspecified atom stereocenters. The molecule has 0 fully saturated rings. The average Bonchev–Trinajstić information content (AvgIpc) is 2.38. The fourth-order valence-electron chi connectivity index (χ4n) is 1.68. The minimum absolute atomic E-state index is 0.873. The van der Waals surface area contributed by atoms with Crippen molar-refractivity contribution >= 4 is 5.57 Å². The van der Waals surface area contributed by atoms with Gasteiger partial charge in [0.25, 0.3) is 0 Å². The van der Waals surface area contributed by atoms with Crippen LogP contribution in [0.5, 0.6) is 5.75 Å². The van der Waals surface area contributed by atoms with Gasteiger partial charge in [-0.1, -0.05) is 31.7 Å². The minimum atomic E-state index is 0.873. The van der Waals surface area contributed by atoms with E-state index in [0.717, 1.165) is 24.2 Å². The summed E-state index contributed by atoms with van der Waals surface area (Å²) in [4.78, 5) is 0. The van der Waals surface area contributed by atoms with Crippen LogP contribution in [0.2, 0.25) is 0 Å². The Morgan fingerprint density at radius 2 is 2.18 bits per heavy atom. The van der Waals surface area contributed by atoms with Gasteiger partial charge in [-0.25, -0.2) is 0 Å². The first-order chi connectivity index (χ1) is 8.22. The van der Waals surface area contributed by atoms with Crippen molar-refractivity contribution in [2.24, 2.45) is 0 Å². The number of methoxy groups -OCH3 is 1. The highest BCUT2D eigenvalue weighted by atomic mass is 16.5. The van der Waals surface area contributed by atoms with E-state index < -0.39 is 0 Å². The molecule has 90 valence electrons. The summed E-state index contributed by atoms with van der Waals surface area (Å²) >= 11 is 0. The van der Waals surface area contributed by atoms with Crippen molar-refractivity contribution in [1.82, 2.24) is 0 Å². The van der Waals surface area contributed by atoms with Crippen LogP contribution in [0.1, 0.15) is 31.4 Å². The summed E-state index contributed by atoms with van der Waals surface area (Å²) < 4.78 is 5.25. The number of ether oxygens (including phenoxy) is 1. The van der Waals surface area contributed by atoms with Gasteiger partial charge in [-0.15, -0.1) is 5.73 Å². The summed E-state index contributed by atoms with van der Waals surface area (Å²) in [5.41, 5.74) is 6.46. The van der Waals surface area contributed by atoms with E-state index >= 15 is 0 Å². The fraction of sp³-hybridized carbons (Fsp3) is 0.312. The largest absolute Gasteiger partial charge is 0.497 e. The third kappa shape index (κ3) is 3.65. The molecule has 0 saturated carbocycles. The molecule has 1 aromatic carbocycles. The van der Waals surface area contributed by atoms with Crippen LogP contribution < -0.4 is 4.74 Å². The number of allylic oxidation sites excluding steroid dienone is 3. The molecule has 1 nitrogen and oxygen atoms in total. The maximum atomic E-state index is 5.25. The van der Waals surface area contributed by atoms with Crippen LogP contribution in [-0.2, 0) is 6.42 Å². The van der Waals surface area contributed by atoms with E-state index in [1.807, 2.05) is 19.1 Å². The lowest BCUT2D eigenvalue weighted by molar-refractivity contribution is 0.414. The molecule has 1 rings (SSSR count). The maximum Gasteiger partial charge on any atom is 0.119 e. The zero-order valence-corrected chi connectivity index (χ0v) is 10.9. The number of benzene rings is 1. The zero-order chi connectivity index (χ0) is 12.7. The predicted octanol–water partition coefficient (Wildman–Crippen LogP) is 4.39. The summed E-state index contributed by atoms with van der Waals surface area (Å²) in [5.74, 6) is 0.873. The monoisotopic (exact) mass is 228 g/mol. The first-order valence-corrected chi connectivity index (χ1v) is 5.91. The molecule has 1 heteroatoms. The van der Waals surface area contributed by atoms with Crippen LogP contribution in [-0.4, -0.2) is 7.11 Å². The highest BCUT2D eigenvalue weighted by Crippen LogP contribution is 2.24. The molecule has 0 aliphatic carbocycles. The smallest absolute Gasteiger partial charge is 0.119 e. The topological polar surface area (TPSA) is 9.23 Å². The molecule has 0 radical (unpaired) electrons. The van der Waals surface area contributed by atoms with E-state index in [-0.39, 0.29) is 0 Å². The van der Waals surface area contributed by atoms with Gasteiger partial charge in [0.05, 0.1) is 7.11 Å². The van der Waals surface area contributed by atoms with Gasteiger partial charge in [-0.3, -0.25) is 0 Å². The molecule has 0 bridgehead atoms. The number of hydrogen-bond acceptors (Lipinski definition) is 1. The zero-order valence-electron chi connectivity index (χ0n) is 10.9.